The minimum absolute atomic E-state index is 0.110. The summed E-state index contributed by atoms with van der Waals surface area (Å²) in [5, 5.41) is 10.8. The average Bonchev–Trinajstić information content (AvgIpc) is 2.36. The fourth-order valence-electron chi connectivity index (χ4n) is 3.75. The van der Waals surface area contributed by atoms with E-state index in [9.17, 15) is 18.3 Å². The zero-order valence-electron chi connectivity index (χ0n) is 11.4. The molecule has 1 N–H and O–H groups in total. The van der Waals surface area contributed by atoms with Gasteiger partial charge in [-0.15, -0.1) is 0 Å². The standard InChI is InChI=1S/C15H18F3NO/c1-19-9-3-2-4-10(19)8-15(20,7-9)11-5-13(17)14(18)6-12(11)16/h5-6,9-10,20H,2-4,7-8H2,1H3. The predicted octanol–water partition coefficient (Wildman–Crippen LogP) is 2.94. The topological polar surface area (TPSA) is 23.5 Å². The molecule has 3 rings (SSSR count). The lowest BCUT2D eigenvalue weighted by molar-refractivity contribution is -0.0893. The summed E-state index contributed by atoms with van der Waals surface area (Å²) in [6, 6.07) is 1.67. The number of aliphatic hydroxyl groups is 1. The lowest BCUT2D eigenvalue weighted by Crippen LogP contribution is -2.55. The molecule has 2 heterocycles. The Hall–Kier alpha value is -1.07. The van der Waals surface area contributed by atoms with Crippen molar-refractivity contribution >= 4 is 0 Å². The highest BCUT2D eigenvalue weighted by atomic mass is 19.2. The van der Waals surface area contributed by atoms with E-state index < -0.39 is 23.1 Å². The molecule has 0 amide bonds. The average molecular weight is 285 g/mol. The van der Waals surface area contributed by atoms with E-state index in [-0.39, 0.29) is 17.6 Å². The van der Waals surface area contributed by atoms with E-state index in [1.54, 1.807) is 0 Å². The Balaban J connectivity index is 1.99. The van der Waals surface area contributed by atoms with Crippen molar-refractivity contribution in [3.05, 3.63) is 35.1 Å². The number of rotatable bonds is 1. The van der Waals surface area contributed by atoms with Gasteiger partial charge in [0.05, 0.1) is 5.60 Å². The third-order valence-electron chi connectivity index (χ3n) is 4.88. The molecule has 2 atom stereocenters. The molecule has 0 spiro atoms. The van der Waals surface area contributed by atoms with Crippen LogP contribution < -0.4 is 0 Å². The lowest BCUT2D eigenvalue weighted by Gasteiger charge is -2.50. The molecule has 1 aromatic rings. The zero-order valence-corrected chi connectivity index (χ0v) is 11.4. The number of hydrogen-bond acceptors (Lipinski definition) is 2. The van der Waals surface area contributed by atoms with E-state index in [0.29, 0.717) is 18.9 Å². The van der Waals surface area contributed by atoms with Crippen LogP contribution in [0.15, 0.2) is 12.1 Å². The van der Waals surface area contributed by atoms with Crippen LogP contribution in [-0.2, 0) is 5.60 Å². The minimum Gasteiger partial charge on any atom is -0.385 e. The molecule has 20 heavy (non-hydrogen) atoms. The maximum absolute atomic E-state index is 14.0. The van der Waals surface area contributed by atoms with Gasteiger partial charge in [-0.2, -0.15) is 0 Å². The number of benzene rings is 1. The number of piperidine rings is 2. The van der Waals surface area contributed by atoms with E-state index in [1.807, 2.05) is 7.05 Å². The number of hydrogen-bond donors (Lipinski definition) is 1. The molecule has 110 valence electrons. The van der Waals surface area contributed by atoms with E-state index in [0.717, 1.165) is 25.3 Å². The van der Waals surface area contributed by atoms with Crippen LogP contribution in [0.5, 0.6) is 0 Å². The summed E-state index contributed by atoms with van der Waals surface area (Å²) in [5.74, 6) is -3.20. The molecule has 2 saturated heterocycles. The van der Waals surface area contributed by atoms with Crippen molar-refractivity contribution in [3.63, 3.8) is 0 Å². The smallest absolute Gasteiger partial charge is 0.161 e. The SMILES string of the molecule is CN1C2CCCC1CC(O)(c1cc(F)c(F)cc1F)C2. The second-order valence-electron chi connectivity index (χ2n) is 6.09. The highest BCUT2D eigenvalue weighted by Gasteiger charge is 2.46. The van der Waals surface area contributed by atoms with Gasteiger partial charge in [-0.1, -0.05) is 6.42 Å². The van der Waals surface area contributed by atoms with E-state index >= 15 is 0 Å². The molecule has 2 unspecified atom stereocenters. The van der Waals surface area contributed by atoms with Crippen LogP contribution in [0.25, 0.3) is 0 Å². The highest BCUT2D eigenvalue weighted by Crippen LogP contribution is 2.44. The van der Waals surface area contributed by atoms with Gasteiger partial charge < -0.3 is 10.0 Å². The maximum atomic E-state index is 14.0. The summed E-state index contributed by atoms with van der Waals surface area (Å²) in [5.41, 5.74) is -1.51. The Labute approximate surface area is 116 Å². The van der Waals surface area contributed by atoms with Gasteiger partial charge in [-0.05, 0) is 38.8 Å². The molecule has 0 aliphatic carbocycles. The van der Waals surface area contributed by atoms with E-state index in [4.69, 9.17) is 0 Å². The van der Waals surface area contributed by atoms with Crippen molar-refractivity contribution in [1.82, 2.24) is 4.90 Å². The molecule has 2 bridgehead atoms. The first-order chi connectivity index (χ1) is 9.40. The van der Waals surface area contributed by atoms with Crippen LogP contribution in [0.4, 0.5) is 13.2 Å². The van der Waals surface area contributed by atoms with Crippen molar-refractivity contribution < 1.29 is 18.3 Å². The lowest BCUT2D eigenvalue weighted by atomic mass is 9.72. The zero-order chi connectivity index (χ0) is 14.5. The molecular formula is C15H18F3NO. The highest BCUT2D eigenvalue weighted by molar-refractivity contribution is 5.28. The van der Waals surface area contributed by atoms with Gasteiger partial charge in [0.1, 0.15) is 5.82 Å². The quantitative estimate of drug-likeness (QED) is 0.802. The first-order valence-electron chi connectivity index (χ1n) is 7.00. The van der Waals surface area contributed by atoms with Crippen LogP contribution in [0, 0.1) is 17.5 Å². The summed E-state index contributed by atoms with van der Waals surface area (Å²) in [6.45, 7) is 0. The van der Waals surface area contributed by atoms with E-state index in [2.05, 4.69) is 4.90 Å². The van der Waals surface area contributed by atoms with Gasteiger partial charge in [0.15, 0.2) is 11.6 Å². The molecule has 1 aromatic carbocycles. The molecular weight excluding hydrogens is 267 g/mol. The Bertz CT molecular complexity index is 520. The third-order valence-corrected chi connectivity index (χ3v) is 4.88. The Kier molecular flexibility index (Phi) is 3.29. The summed E-state index contributed by atoms with van der Waals surface area (Å²) >= 11 is 0. The van der Waals surface area contributed by atoms with Crippen LogP contribution >= 0.6 is 0 Å². The van der Waals surface area contributed by atoms with Crippen molar-refractivity contribution in [2.24, 2.45) is 0 Å². The molecule has 0 radical (unpaired) electrons. The van der Waals surface area contributed by atoms with Crippen molar-refractivity contribution in [2.45, 2.75) is 49.8 Å². The molecule has 2 nitrogen and oxygen atoms in total. The largest absolute Gasteiger partial charge is 0.385 e. The van der Waals surface area contributed by atoms with Crippen molar-refractivity contribution in [3.8, 4) is 0 Å². The fourth-order valence-corrected chi connectivity index (χ4v) is 3.75. The monoisotopic (exact) mass is 285 g/mol. The Morgan fingerprint density at radius 2 is 1.60 bits per heavy atom. The van der Waals surface area contributed by atoms with Gasteiger partial charge in [-0.25, -0.2) is 13.2 Å². The van der Waals surface area contributed by atoms with Gasteiger partial charge in [0, 0.05) is 23.7 Å². The first-order valence-corrected chi connectivity index (χ1v) is 7.00. The molecule has 0 aromatic heterocycles. The summed E-state index contributed by atoms with van der Waals surface area (Å²) in [6.07, 6.45) is 3.71. The number of nitrogens with zero attached hydrogens (tertiary/aromatic N) is 1. The van der Waals surface area contributed by atoms with Crippen molar-refractivity contribution in [1.29, 1.82) is 0 Å². The molecule has 0 saturated carbocycles. The minimum atomic E-state index is -1.40. The van der Waals surface area contributed by atoms with Crippen LogP contribution in [0.1, 0.15) is 37.7 Å². The predicted molar refractivity (Wildman–Crippen MR) is 68.6 cm³/mol. The normalized spacial score (nSPS) is 34.2. The first kappa shape index (κ1) is 13.9. The second-order valence-corrected chi connectivity index (χ2v) is 6.09. The fraction of sp³-hybridized carbons (Fsp3) is 0.600. The van der Waals surface area contributed by atoms with Gasteiger partial charge in [-0.3, -0.25) is 0 Å². The Morgan fingerprint density at radius 3 is 2.20 bits per heavy atom. The summed E-state index contributed by atoms with van der Waals surface area (Å²) < 4.78 is 40.4. The molecule has 2 aliphatic heterocycles. The molecule has 5 heteroatoms. The van der Waals surface area contributed by atoms with Gasteiger partial charge >= 0.3 is 0 Å². The number of fused-ring (bicyclic) bond motifs is 2. The second kappa shape index (κ2) is 4.74. The van der Waals surface area contributed by atoms with Crippen LogP contribution in [-0.4, -0.2) is 29.1 Å². The van der Waals surface area contributed by atoms with Crippen LogP contribution in [0.2, 0.25) is 0 Å². The van der Waals surface area contributed by atoms with Gasteiger partial charge in [0.25, 0.3) is 0 Å². The third kappa shape index (κ3) is 2.13. The maximum Gasteiger partial charge on any atom is 0.161 e. The van der Waals surface area contributed by atoms with E-state index in [1.165, 1.54) is 0 Å². The summed E-state index contributed by atoms with van der Waals surface area (Å²) in [7, 11) is 2.01. The molecule has 2 fully saturated rings. The Morgan fingerprint density at radius 1 is 1.05 bits per heavy atom. The molecule has 2 aliphatic rings. The van der Waals surface area contributed by atoms with Crippen LogP contribution in [0.3, 0.4) is 0 Å². The summed E-state index contributed by atoms with van der Waals surface area (Å²) in [4.78, 5) is 2.22. The number of halogens is 3. The van der Waals surface area contributed by atoms with Gasteiger partial charge in [0.2, 0.25) is 0 Å². The van der Waals surface area contributed by atoms with Crippen molar-refractivity contribution in [2.75, 3.05) is 7.05 Å².